The predicted molar refractivity (Wildman–Crippen MR) is 89.2 cm³/mol. The van der Waals surface area contributed by atoms with E-state index in [1.165, 1.54) is 60.8 Å². The van der Waals surface area contributed by atoms with Gasteiger partial charge in [-0.25, -0.2) is 0 Å². The molecule has 0 heterocycles. The standard InChI is InChI=1S/C19H22N2/c20-19-17-7-2-1-4-14(17)9-11-18(19)21-16-10-8-13-5-3-6-15(13)12-16/h8-12,21H,1-7,20H2. The Bertz CT molecular complexity index is 688. The van der Waals surface area contributed by atoms with Crippen LogP contribution in [-0.4, -0.2) is 0 Å². The van der Waals surface area contributed by atoms with Gasteiger partial charge in [0.1, 0.15) is 0 Å². The van der Waals surface area contributed by atoms with Crippen molar-refractivity contribution in [3.8, 4) is 0 Å². The first-order valence-corrected chi connectivity index (χ1v) is 8.10. The normalized spacial score (nSPS) is 16.4. The number of hydrogen-bond acceptors (Lipinski definition) is 2. The molecule has 108 valence electrons. The van der Waals surface area contributed by atoms with Crippen LogP contribution in [0.3, 0.4) is 0 Å². The van der Waals surface area contributed by atoms with Gasteiger partial charge < -0.3 is 11.1 Å². The largest absolute Gasteiger partial charge is 0.397 e. The lowest BCUT2D eigenvalue weighted by Crippen LogP contribution is -2.08. The highest BCUT2D eigenvalue weighted by Crippen LogP contribution is 2.34. The van der Waals surface area contributed by atoms with E-state index in [0.29, 0.717) is 0 Å². The summed E-state index contributed by atoms with van der Waals surface area (Å²) in [7, 11) is 0. The zero-order valence-electron chi connectivity index (χ0n) is 12.4. The van der Waals surface area contributed by atoms with E-state index in [1.807, 2.05) is 0 Å². The molecule has 21 heavy (non-hydrogen) atoms. The van der Waals surface area contributed by atoms with E-state index in [4.69, 9.17) is 5.73 Å². The molecule has 4 rings (SSSR count). The third kappa shape index (κ3) is 2.29. The summed E-state index contributed by atoms with van der Waals surface area (Å²) in [6.07, 6.45) is 8.60. The zero-order valence-corrected chi connectivity index (χ0v) is 12.4. The van der Waals surface area contributed by atoms with Gasteiger partial charge in [0.25, 0.3) is 0 Å². The number of fused-ring (bicyclic) bond motifs is 2. The van der Waals surface area contributed by atoms with E-state index >= 15 is 0 Å². The van der Waals surface area contributed by atoms with Crippen LogP contribution in [0.15, 0.2) is 30.3 Å². The van der Waals surface area contributed by atoms with Crippen molar-refractivity contribution in [1.82, 2.24) is 0 Å². The van der Waals surface area contributed by atoms with Gasteiger partial charge in [-0.05, 0) is 85.4 Å². The summed E-state index contributed by atoms with van der Waals surface area (Å²) in [5, 5.41) is 3.53. The Kier molecular flexibility index (Phi) is 3.10. The summed E-state index contributed by atoms with van der Waals surface area (Å²) >= 11 is 0. The lowest BCUT2D eigenvalue weighted by molar-refractivity contribution is 0.687. The van der Waals surface area contributed by atoms with Crippen LogP contribution < -0.4 is 11.1 Å². The van der Waals surface area contributed by atoms with E-state index in [-0.39, 0.29) is 0 Å². The molecule has 0 fully saturated rings. The fourth-order valence-corrected chi connectivity index (χ4v) is 3.77. The second-order valence-corrected chi connectivity index (χ2v) is 6.33. The monoisotopic (exact) mass is 278 g/mol. The van der Waals surface area contributed by atoms with Crippen molar-refractivity contribution in [1.29, 1.82) is 0 Å². The molecular formula is C19H22N2. The predicted octanol–water partition coefficient (Wildman–Crippen LogP) is 4.38. The molecule has 2 heteroatoms. The zero-order chi connectivity index (χ0) is 14.2. The second-order valence-electron chi connectivity index (χ2n) is 6.33. The quantitative estimate of drug-likeness (QED) is 0.800. The van der Waals surface area contributed by atoms with Crippen molar-refractivity contribution in [3.05, 3.63) is 52.6 Å². The van der Waals surface area contributed by atoms with Crippen molar-refractivity contribution < 1.29 is 0 Å². The first-order valence-electron chi connectivity index (χ1n) is 8.10. The van der Waals surface area contributed by atoms with Crippen LogP contribution in [0.1, 0.15) is 41.5 Å². The molecule has 0 saturated carbocycles. The number of rotatable bonds is 2. The van der Waals surface area contributed by atoms with E-state index in [1.54, 1.807) is 0 Å². The highest BCUT2D eigenvalue weighted by Gasteiger charge is 2.15. The molecule has 3 N–H and O–H groups in total. The SMILES string of the molecule is Nc1c(Nc2ccc3c(c2)CCC3)ccc2c1CCCC2. The minimum atomic E-state index is 0.952. The molecule has 0 atom stereocenters. The summed E-state index contributed by atoms with van der Waals surface area (Å²) < 4.78 is 0. The molecule has 2 aromatic rings. The summed E-state index contributed by atoms with van der Waals surface area (Å²) in [5.74, 6) is 0. The van der Waals surface area contributed by atoms with Crippen LogP contribution in [0.5, 0.6) is 0 Å². The van der Waals surface area contributed by atoms with Crippen LogP contribution in [0.25, 0.3) is 0 Å². The maximum atomic E-state index is 6.40. The summed E-state index contributed by atoms with van der Waals surface area (Å²) in [4.78, 5) is 0. The van der Waals surface area contributed by atoms with Gasteiger partial charge in [0.05, 0.1) is 11.4 Å². The Morgan fingerprint density at radius 2 is 1.52 bits per heavy atom. The molecule has 2 aromatic carbocycles. The average molecular weight is 278 g/mol. The molecule has 0 spiro atoms. The van der Waals surface area contributed by atoms with Gasteiger partial charge in [-0.15, -0.1) is 0 Å². The van der Waals surface area contributed by atoms with Gasteiger partial charge in [0, 0.05) is 5.69 Å². The van der Waals surface area contributed by atoms with E-state index < -0.39 is 0 Å². The molecule has 2 aliphatic carbocycles. The highest BCUT2D eigenvalue weighted by atomic mass is 14.9. The van der Waals surface area contributed by atoms with Crippen LogP contribution in [-0.2, 0) is 25.7 Å². The number of benzene rings is 2. The van der Waals surface area contributed by atoms with Crippen molar-refractivity contribution in [3.63, 3.8) is 0 Å². The van der Waals surface area contributed by atoms with Crippen molar-refractivity contribution in [2.75, 3.05) is 11.1 Å². The fraction of sp³-hybridized carbons (Fsp3) is 0.368. The maximum absolute atomic E-state index is 6.40. The Morgan fingerprint density at radius 1 is 0.762 bits per heavy atom. The Labute approximate surface area is 126 Å². The van der Waals surface area contributed by atoms with Crippen LogP contribution >= 0.6 is 0 Å². The minimum Gasteiger partial charge on any atom is -0.397 e. The average Bonchev–Trinajstić information content (AvgIpc) is 2.98. The maximum Gasteiger partial charge on any atom is 0.0620 e. The molecule has 0 aliphatic heterocycles. The Hall–Kier alpha value is -1.96. The first kappa shape index (κ1) is 12.8. The van der Waals surface area contributed by atoms with Gasteiger partial charge >= 0.3 is 0 Å². The minimum absolute atomic E-state index is 0.952. The molecule has 0 radical (unpaired) electrons. The van der Waals surface area contributed by atoms with Gasteiger partial charge in [-0.3, -0.25) is 0 Å². The van der Waals surface area contributed by atoms with Crippen LogP contribution in [0.4, 0.5) is 17.1 Å². The van der Waals surface area contributed by atoms with Crippen molar-refractivity contribution in [2.45, 2.75) is 44.9 Å². The summed E-state index contributed by atoms with van der Waals surface area (Å²) in [6, 6.07) is 11.1. The molecule has 2 aliphatic rings. The number of hydrogen-bond donors (Lipinski definition) is 2. The number of anilines is 3. The number of nitrogen functional groups attached to an aromatic ring is 1. The van der Waals surface area contributed by atoms with E-state index in [9.17, 15) is 0 Å². The number of aryl methyl sites for hydroxylation is 3. The van der Waals surface area contributed by atoms with Crippen LogP contribution in [0, 0.1) is 0 Å². The van der Waals surface area contributed by atoms with Gasteiger partial charge in [-0.2, -0.15) is 0 Å². The Morgan fingerprint density at radius 3 is 2.48 bits per heavy atom. The van der Waals surface area contributed by atoms with E-state index in [2.05, 4.69) is 35.6 Å². The van der Waals surface area contributed by atoms with Gasteiger partial charge in [0.2, 0.25) is 0 Å². The Balaban J connectivity index is 1.65. The third-order valence-electron chi connectivity index (χ3n) is 4.95. The molecule has 0 saturated heterocycles. The number of nitrogens with one attached hydrogen (secondary N) is 1. The molecule has 0 unspecified atom stereocenters. The molecule has 0 aromatic heterocycles. The molecule has 2 nitrogen and oxygen atoms in total. The van der Waals surface area contributed by atoms with E-state index in [0.717, 1.165) is 23.5 Å². The first-order chi connectivity index (χ1) is 10.3. The third-order valence-corrected chi connectivity index (χ3v) is 4.95. The lowest BCUT2D eigenvalue weighted by atomic mass is 9.90. The number of nitrogens with two attached hydrogens (primary N) is 1. The second kappa shape index (κ2) is 5.10. The summed E-state index contributed by atoms with van der Waals surface area (Å²) in [6.45, 7) is 0. The molecular weight excluding hydrogens is 256 g/mol. The summed E-state index contributed by atoms with van der Waals surface area (Å²) in [5.41, 5.74) is 15.4. The lowest BCUT2D eigenvalue weighted by Gasteiger charge is -2.20. The smallest absolute Gasteiger partial charge is 0.0620 e. The fourth-order valence-electron chi connectivity index (χ4n) is 3.77. The van der Waals surface area contributed by atoms with Gasteiger partial charge in [-0.1, -0.05) is 12.1 Å². The van der Waals surface area contributed by atoms with Crippen LogP contribution in [0.2, 0.25) is 0 Å². The molecule has 0 bridgehead atoms. The van der Waals surface area contributed by atoms with Crippen molar-refractivity contribution in [2.24, 2.45) is 0 Å². The van der Waals surface area contributed by atoms with Crippen molar-refractivity contribution >= 4 is 17.1 Å². The highest BCUT2D eigenvalue weighted by molar-refractivity contribution is 5.77. The molecule has 0 amide bonds. The van der Waals surface area contributed by atoms with Gasteiger partial charge in [0.15, 0.2) is 0 Å². The topological polar surface area (TPSA) is 38.0 Å².